The van der Waals surface area contributed by atoms with Gasteiger partial charge in [0, 0.05) is 23.5 Å². The lowest BCUT2D eigenvalue weighted by molar-refractivity contribution is 0.755. The molecule has 0 atom stereocenters. The van der Waals surface area contributed by atoms with Gasteiger partial charge in [0.15, 0.2) is 5.43 Å². The van der Waals surface area contributed by atoms with Gasteiger partial charge in [-0.25, -0.2) is 4.98 Å². The van der Waals surface area contributed by atoms with Crippen LogP contribution >= 0.6 is 0 Å². The lowest BCUT2D eigenvalue weighted by atomic mass is 10.1. The predicted molar refractivity (Wildman–Crippen MR) is 124 cm³/mol. The van der Waals surface area contributed by atoms with Crippen molar-refractivity contribution in [2.24, 2.45) is 0 Å². The molecule has 2 aliphatic rings. The number of allylic oxidation sites excluding steroid dienone is 6. The van der Waals surface area contributed by atoms with Gasteiger partial charge in [-0.3, -0.25) is 4.79 Å². The Kier molecular flexibility index (Phi) is 4.71. The third-order valence-electron chi connectivity index (χ3n) is 5.37. The number of rotatable bonds is 5. The molecular weight excluding hydrogens is 372 g/mol. The Hall–Kier alpha value is -3.60. The highest BCUT2D eigenvalue weighted by molar-refractivity contribution is 5.92. The molecule has 1 aromatic carbocycles. The third-order valence-corrected chi connectivity index (χ3v) is 5.37. The van der Waals surface area contributed by atoms with Crippen molar-refractivity contribution in [1.29, 1.82) is 0 Å². The fraction of sp³-hybridized carbons (Fsp3) is 0.200. The van der Waals surface area contributed by atoms with E-state index in [9.17, 15) is 4.79 Å². The van der Waals surface area contributed by atoms with E-state index in [1.54, 1.807) is 6.07 Å². The van der Waals surface area contributed by atoms with E-state index >= 15 is 0 Å². The minimum Gasteiger partial charge on any atom is -0.367 e. The van der Waals surface area contributed by atoms with E-state index in [1.165, 1.54) is 0 Å². The van der Waals surface area contributed by atoms with Gasteiger partial charge in [0.2, 0.25) is 0 Å². The Morgan fingerprint density at radius 2 is 1.73 bits per heavy atom. The Morgan fingerprint density at radius 1 is 1.00 bits per heavy atom. The van der Waals surface area contributed by atoms with Gasteiger partial charge >= 0.3 is 0 Å². The number of nitrogens with one attached hydrogen (secondary N) is 2. The second-order valence-electron chi connectivity index (χ2n) is 7.83. The highest BCUT2D eigenvalue weighted by Gasteiger charge is 2.24. The van der Waals surface area contributed by atoms with Crippen LogP contribution in [-0.4, -0.2) is 15.6 Å². The summed E-state index contributed by atoms with van der Waals surface area (Å²) in [5.74, 6) is 1.44. The van der Waals surface area contributed by atoms with Crippen molar-refractivity contribution in [1.82, 2.24) is 9.55 Å². The SMILES string of the molecule is Cc1cc2c(c(NC3CC3)n1)c(=O)cc(Nc1ccccc1)n2C1C=CC=CC=C1. The first-order chi connectivity index (χ1) is 14.7. The van der Waals surface area contributed by atoms with Crippen LogP contribution in [0, 0.1) is 6.92 Å². The molecule has 5 rings (SSSR count). The van der Waals surface area contributed by atoms with Crippen LogP contribution in [0.1, 0.15) is 24.6 Å². The first-order valence-corrected chi connectivity index (χ1v) is 10.4. The van der Waals surface area contributed by atoms with Crippen LogP contribution < -0.4 is 16.1 Å². The summed E-state index contributed by atoms with van der Waals surface area (Å²) in [7, 11) is 0. The molecule has 2 heterocycles. The molecule has 1 saturated carbocycles. The van der Waals surface area contributed by atoms with Crippen molar-refractivity contribution in [2.75, 3.05) is 10.6 Å². The quantitative estimate of drug-likeness (QED) is 0.619. The molecule has 2 aromatic heterocycles. The average molecular weight is 396 g/mol. The number of anilines is 3. The van der Waals surface area contributed by atoms with Crippen molar-refractivity contribution in [3.05, 3.63) is 94.8 Å². The third kappa shape index (κ3) is 3.66. The molecule has 0 spiro atoms. The van der Waals surface area contributed by atoms with E-state index in [4.69, 9.17) is 0 Å². The van der Waals surface area contributed by atoms with Gasteiger partial charge in [-0.1, -0.05) is 54.7 Å². The van der Waals surface area contributed by atoms with Crippen LogP contribution in [0.25, 0.3) is 10.9 Å². The Labute approximate surface area is 175 Å². The zero-order valence-corrected chi connectivity index (χ0v) is 16.9. The number of nitrogens with zero attached hydrogens (tertiary/aromatic N) is 2. The second kappa shape index (κ2) is 7.67. The highest BCUT2D eigenvalue weighted by Crippen LogP contribution is 2.32. The fourth-order valence-corrected chi connectivity index (χ4v) is 3.82. The normalized spacial score (nSPS) is 16.0. The summed E-state index contributed by atoms with van der Waals surface area (Å²) in [6.45, 7) is 1.98. The minimum atomic E-state index is -0.0371. The van der Waals surface area contributed by atoms with E-state index in [0.717, 1.165) is 35.6 Å². The molecule has 150 valence electrons. The largest absolute Gasteiger partial charge is 0.367 e. The van der Waals surface area contributed by atoms with Crippen LogP contribution in [-0.2, 0) is 0 Å². The lowest BCUT2D eigenvalue weighted by Gasteiger charge is -2.23. The van der Waals surface area contributed by atoms with Gasteiger partial charge in [-0.2, -0.15) is 0 Å². The molecular formula is C25H24N4O. The van der Waals surface area contributed by atoms with Crippen molar-refractivity contribution in [3.8, 4) is 0 Å². The molecule has 0 saturated heterocycles. The lowest BCUT2D eigenvalue weighted by Crippen LogP contribution is -2.19. The van der Waals surface area contributed by atoms with E-state index < -0.39 is 0 Å². The van der Waals surface area contributed by atoms with Gasteiger partial charge in [0.25, 0.3) is 0 Å². The summed E-state index contributed by atoms with van der Waals surface area (Å²) in [4.78, 5) is 17.9. The molecule has 0 unspecified atom stereocenters. The molecule has 5 nitrogen and oxygen atoms in total. The molecule has 0 bridgehead atoms. The molecule has 1 fully saturated rings. The van der Waals surface area contributed by atoms with E-state index in [0.29, 0.717) is 17.2 Å². The van der Waals surface area contributed by atoms with Crippen LogP contribution in [0.2, 0.25) is 0 Å². The van der Waals surface area contributed by atoms with Gasteiger partial charge < -0.3 is 15.2 Å². The number of para-hydroxylation sites is 1. The molecule has 3 aromatic rings. The van der Waals surface area contributed by atoms with Gasteiger partial charge in [0.1, 0.15) is 11.6 Å². The highest BCUT2D eigenvalue weighted by atomic mass is 16.1. The first kappa shape index (κ1) is 18.4. The number of hydrogen-bond donors (Lipinski definition) is 2. The zero-order chi connectivity index (χ0) is 20.5. The van der Waals surface area contributed by atoms with Crippen LogP contribution in [0.4, 0.5) is 17.3 Å². The maximum Gasteiger partial charge on any atom is 0.195 e. The van der Waals surface area contributed by atoms with Crippen molar-refractivity contribution >= 4 is 28.2 Å². The Morgan fingerprint density at radius 3 is 2.43 bits per heavy atom. The topological polar surface area (TPSA) is 59.0 Å². The number of aromatic nitrogens is 2. The van der Waals surface area contributed by atoms with Crippen molar-refractivity contribution < 1.29 is 0 Å². The summed E-state index contributed by atoms with van der Waals surface area (Å²) in [6, 6.07) is 14.0. The standard InChI is InChI=1S/C25H24N4O/c1-17-15-21-24(25(26-17)28-19-13-14-19)22(30)16-23(27-18-9-5-4-6-10-18)29(21)20-11-7-2-3-8-12-20/h2-12,15-16,19-20,27H,13-14H2,1H3,(H,26,28). The van der Waals surface area contributed by atoms with E-state index in [2.05, 4.69) is 32.3 Å². The minimum absolute atomic E-state index is 0.0324. The second-order valence-corrected chi connectivity index (χ2v) is 7.83. The molecule has 5 heteroatoms. The zero-order valence-electron chi connectivity index (χ0n) is 16.9. The van der Waals surface area contributed by atoms with Crippen LogP contribution in [0.15, 0.2) is 83.7 Å². The number of aryl methyl sites for hydroxylation is 1. The number of pyridine rings is 2. The number of hydrogen-bond acceptors (Lipinski definition) is 4. The molecule has 2 N–H and O–H groups in total. The van der Waals surface area contributed by atoms with Crippen LogP contribution in [0.5, 0.6) is 0 Å². The summed E-state index contributed by atoms with van der Waals surface area (Å²) in [6.07, 6.45) is 14.6. The fourth-order valence-electron chi connectivity index (χ4n) is 3.82. The molecule has 0 amide bonds. The van der Waals surface area contributed by atoms with Gasteiger partial charge in [0.05, 0.1) is 16.9 Å². The van der Waals surface area contributed by atoms with Crippen LogP contribution in [0.3, 0.4) is 0 Å². The summed E-state index contributed by atoms with van der Waals surface area (Å²) >= 11 is 0. The molecule has 0 aliphatic heterocycles. The first-order valence-electron chi connectivity index (χ1n) is 10.4. The van der Waals surface area contributed by atoms with Crippen molar-refractivity contribution in [2.45, 2.75) is 31.8 Å². The molecule has 0 radical (unpaired) electrons. The smallest absolute Gasteiger partial charge is 0.195 e. The van der Waals surface area contributed by atoms with Gasteiger partial charge in [-0.05, 0) is 38.0 Å². The summed E-state index contributed by atoms with van der Waals surface area (Å²) in [5.41, 5.74) is 2.66. The molecule has 2 aliphatic carbocycles. The predicted octanol–water partition coefficient (Wildman–Crippen LogP) is 5.25. The maximum atomic E-state index is 13.2. The Bertz CT molecular complexity index is 1220. The van der Waals surface area contributed by atoms with E-state index in [1.807, 2.05) is 67.6 Å². The van der Waals surface area contributed by atoms with E-state index in [-0.39, 0.29) is 11.5 Å². The average Bonchev–Trinajstić information content (AvgIpc) is 3.56. The number of benzene rings is 1. The monoisotopic (exact) mass is 396 g/mol. The summed E-state index contributed by atoms with van der Waals surface area (Å²) < 4.78 is 2.18. The number of fused-ring (bicyclic) bond motifs is 1. The summed E-state index contributed by atoms with van der Waals surface area (Å²) in [5, 5.41) is 7.55. The Balaban J connectivity index is 1.76. The molecule has 30 heavy (non-hydrogen) atoms. The maximum absolute atomic E-state index is 13.2. The van der Waals surface area contributed by atoms with Gasteiger partial charge in [-0.15, -0.1) is 0 Å². The van der Waals surface area contributed by atoms with Crippen molar-refractivity contribution in [3.63, 3.8) is 0 Å².